The summed E-state index contributed by atoms with van der Waals surface area (Å²) in [6.07, 6.45) is 4.42. The predicted molar refractivity (Wildman–Crippen MR) is 111 cm³/mol. The fraction of sp³-hybridized carbons (Fsp3) is 0.160. The summed E-state index contributed by atoms with van der Waals surface area (Å²) < 4.78 is 5.38. The average Bonchev–Trinajstić information content (AvgIpc) is 3.55. The molecule has 0 spiro atoms. The highest BCUT2D eigenvalue weighted by atomic mass is 16.5. The quantitative estimate of drug-likeness (QED) is 0.267. The Balaban J connectivity index is 1.94. The molecule has 3 heteroatoms. The van der Waals surface area contributed by atoms with E-state index in [4.69, 9.17) is 4.74 Å². The Morgan fingerprint density at radius 2 is 1.39 bits per heavy atom. The molecule has 0 bridgehead atoms. The van der Waals surface area contributed by atoms with E-state index in [0.717, 1.165) is 18.6 Å². The van der Waals surface area contributed by atoms with Gasteiger partial charge in [0.05, 0.1) is 12.6 Å². The van der Waals surface area contributed by atoms with E-state index in [1.807, 2.05) is 30.3 Å². The van der Waals surface area contributed by atoms with Gasteiger partial charge in [-0.1, -0.05) is 78.9 Å². The van der Waals surface area contributed by atoms with Gasteiger partial charge in [0.25, 0.3) is 0 Å². The van der Waals surface area contributed by atoms with Crippen LogP contribution in [0, 0.1) is 0 Å². The van der Waals surface area contributed by atoms with Crippen molar-refractivity contribution in [2.75, 3.05) is 13.7 Å². The highest BCUT2D eigenvalue weighted by Crippen LogP contribution is 2.48. The van der Waals surface area contributed by atoms with Gasteiger partial charge in [-0.2, -0.15) is 0 Å². The molecule has 3 nitrogen and oxygen atoms in total. The lowest BCUT2D eigenvalue weighted by Crippen LogP contribution is -2.38. The molecule has 2 atom stereocenters. The molecule has 4 rings (SSSR count). The molecule has 0 aliphatic carbocycles. The van der Waals surface area contributed by atoms with E-state index in [1.165, 1.54) is 16.7 Å². The SMILES string of the molecule is COc1ccc(C(c2ccccc2)(c2ccccc2)N2C[C@H]2/C=C/C=O)cc1. The number of hydrogen-bond acceptors (Lipinski definition) is 3. The third-order valence-electron chi connectivity index (χ3n) is 5.38. The summed E-state index contributed by atoms with van der Waals surface area (Å²) in [5.74, 6) is 0.835. The first kappa shape index (κ1) is 18.2. The summed E-state index contributed by atoms with van der Waals surface area (Å²) in [7, 11) is 1.68. The van der Waals surface area contributed by atoms with Crippen LogP contribution in [0.1, 0.15) is 16.7 Å². The molecule has 0 aromatic heterocycles. The molecule has 1 heterocycles. The van der Waals surface area contributed by atoms with E-state index in [2.05, 4.69) is 65.6 Å². The highest BCUT2D eigenvalue weighted by molar-refractivity contribution is 5.65. The molecule has 1 aliphatic rings. The van der Waals surface area contributed by atoms with Crippen molar-refractivity contribution >= 4 is 6.29 Å². The van der Waals surface area contributed by atoms with E-state index in [1.54, 1.807) is 13.2 Å². The zero-order valence-electron chi connectivity index (χ0n) is 15.9. The minimum atomic E-state index is -0.438. The molecular formula is C25H23NO2. The maximum Gasteiger partial charge on any atom is 0.142 e. The number of aldehydes is 1. The molecule has 0 radical (unpaired) electrons. The lowest BCUT2D eigenvalue weighted by Gasteiger charge is -2.38. The Kier molecular flexibility index (Phi) is 5.09. The topological polar surface area (TPSA) is 29.3 Å². The molecule has 1 fully saturated rings. The number of ether oxygens (including phenoxy) is 1. The minimum Gasteiger partial charge on any atom is -0.497 e. The van der Waals surface area contributed by atoms with Gasteiger partial charge in [-0.3, -0.25) is 9.69 Å². The van der Waals surface area contributed by atoms with Gasteiger partial charge in [0.15, 0.2) is 0 Å². The largest absolute Gasteiger partial charge is 0.497 e. The minimum absolute atomic E-state index is 0.215. The number of allylic oxidation sites excluding steroid dienone is 1. The number of rotatable bonds is 7. The van der Waals surface area contributed by atoms with E-state index < -0.39 is 5.54 Å². The number of carbonyl (C=O) groups excluding carboxylic acids is 1. The normalized spacial score (nSPS) is 18.8. The molecule has 1 unspecified atom stereocenters. The van der Waals surface area contributed by atoms with Crippen LogP contribution in [-0.4, -0.2) is 30.9 Å². The molecular weight excluding hydrogens is 346 g/mol. The van der Waals surface area contributed by atoms with E-state index in [-0.39, 0.29) is 6.04 Å². The lowest BCUT2D eigenvalue weighted by atomic mass is 9.76. The van der Waals surface area contributed by atoms with Crippen LogP contribution in [0.15, 0.2) is 97.1 Å². The second-order valence-electron chi connectivity index (χ2n) is 6.91. The fourth-order valence-corrected chi connectivity index (χ4v) is 4.07. The van der Waals surface area contributed by atoms with Gasteiger partial charge in [0, 0.05) is 12.6 Å². The van der Waals surface area contributed by atoms with Crippen LogP contribution in [-0.2, 0) is 10.3 Å². The van der Waals surface area contributed by atoms with Crippen molar-refractivity contribution in [2.24, 2.45) is 0 Å². The van der Waals surface area contributed by atoms with Crippen LogP contribution in [0.25, 0.3) is 0 Å². The maximum absolute atomic E-state index is 10.9. The maximum atomic E-state index is 10.9. The second-order valence-corrected chi connectivity index (χ2v) is 6.91. The molecule has 0 saturated carbocycles. The van der Waals surface area contributed by atoms with Crippen LogP contribution in [0.3, 0.4) is 0 Å². The number of carbonyl (C=O) groups is 1. The smallest absolute Gasteiger partial charge is 0.142 e. The number of benzene rings is 3. The Bertz CT molecular complexity index is 909. The van der Waals surface area contributed by atoms with Gasteiger partial charge in [-0.15, -0.1) is 0 Å². The Morgan fingerprint density at radius 3 is 1.89 bits per heavy atom. The van der Waals surface area contributed by atoms with E-state index >= 15 is 0 Å². The summed E-state index contributed by atoms with van der Waals surface area (Å²) in [6, 6.07) is 29.6. The summed E-state index contributed by atoms with van der Waals surface area (Å²) in [4.78, 5) is 13.3. The van der Waals surface area contributed by atoms with Gasteiger partial charge in [-0.05, 0) is 34.9 Å². The van der Waals surface area contributed by atoms with Crippen molar-refractivity contribution in [3.8, 4) is 5.75 Å². The summed E-state index contributed by atoms with van der Waals surface area (Å²) in [6.45, 7) is 0.889. The average molecular weight is 369 g/mol. The number of hydrogen-bond donors (Lipinski definition) is 0. The number of nitrogens with zero attached hydrogens (tertiary/aromatic N) is 1. The molecule has 3 aromatic carbocycles. The summed E-state index contributed by atoms with van der Waals surface area (Å²) in [5, 5.41) is 0. The first-order valence-electron chi connectivity index (χ1n) is 9.45. The molecule has 0 amide bonds. The van der Waals surface area contributed by atoms with Crippen molar-refractivity contribution in [1.29, 1.82) is 0 Å². The zero-order chi connectivity index (χ0) is 19.4. The van der Waals surface area contributed by atoms with Gasteiger partial charge in [-0.25, -0.2) is 0 Å². The lowest BCUT2D eigenvalue weighted by molar-refractivity contribution is -0.104. The molecule has 1 aliphatic heterocycles. The van der Waals surface area contributed by atoms with Crippen LogP contribution in [0.5, 0.6) is 5.75 Å². The van der Waals surface area contributed by atoms with Gasteiger partial charge in [0.1, 0.15) is 12.0 Å². The van der Waals surface area contributed by atoms with Crippen LogP contribution < -0.4 is 4.74 Å². The van der Waals surface area contributed by atoms with Crippen LogP contribution in [0.4, 0.5) is 0 Å². The first-order chi connectivity index (χ1) is 13.8. The Labute approximate surface area is 165 Å². The van der Waals surface area contributed by atoms with Crippen LogP contribution in [0.2, 0.25) is 0 Å². The zero-order valence-corrected chi connectivity index (χ0v) is 15.9. The molecule has 140 valence electrons. The molecule has 28 heavy (non-hydrogen) atoms. The molecule has 3 aromatic rings. The van der Waals surface area contributed by atoms with Crippen molar-refractivity contribution in [3.63, 3.8) is 0 Å². The third kappa shape index (κ3) is 3.14. The van der Waals surface area contributed by atoms with Crippen molar-refractivity contribution < 1.29 is 9.53 Å². The second kappa shape index (κ2) is 7.83. The van der Waals surface area contributed by atoms with Gasteiger partial charge >= 0.3 is 0 Å². The Morgan fingerprint density at radius 1 is 0.857 bits per heavy atom. The molecule has 0 N–H and O–H groups in total. The van der Waals surface area contributed by atoms with E-state index in [9.17, 15) is 4.79 Å². The number of methoxy groups -OCH3 is 1. The standard InChI is InChI=1S/C25H23NO2/c1-28-24-16-14-22(15-17-24)25(20-9-4-2-5-10-20,21-11-6-3-7-12-21)26-19-23(26)13-8-18-27/h2-18,23H,19H2,1H3/b13-8+/t23-,26?/m1/s1. The van der Waals surface area contributed by atoms with Crippen LogP contribution >= 0.6 is 0 Å². The predicted octanol–water partition coefficient (Wildman–Crippen LogP) is 4.43. The van der Waals surface area contributed by atoms with E-state index in [0.29, 0.717) is 0 Å². The van der Waals surface area contributed by atoms with Gasteiger partial charge < -0.3 is 4.74 Å². The highest BCUT2D eigenvalue weighted by Gasteiger charge is 2.52. The van der Waals surface area contributed by atoms with Crippen molar-refractivity contribution in [1.82, 2.24) is 4.90 Å². The van der Waals surface area contributed by atoms with Crippen molar-refractivity contribution in [2.45, 2.75) is 11.6 Å². The third-order valence-corrected chi connectivity index (χ3v) is 5.38. The van der Waals surface area contributed by atoms with Gasteiger partial charge in [0.2, 0.25) is 0 Å². The summed E-state index contributed by atoms with van der Waals surface area (Å²) in [5.41, 5.74) is 3.14. The molecule has 1 saturated heterocycles. The fourth-order valence-electron chi connectivity index (χ4n) is 4.07. The first-order valence-corrected chi connectivity index (χ1v) is 9.45. The van der Waals surface area contributed by atoms with Crippen molar-refractivity contribution in [3.05, 3.63) is 114 Å². The summed E-state index contributed by atoms with van der Waals surface area (Å²) >= 11 is 0. The Hall–Kier alpha value is -3.17. The monoisotopic (exact) mass is 369 g/mol.